The van der Waals surface area contributed by atoms with E-state index in [0.717, 1.165) is 44.2 Å². The molecule has 0 atom stereocenters. The number of nitrogens with one attached hydrogen (secondary N) is 2. The van der Waals surface area contributed by atoms with Crippen LogP contribution in [-0.2, 0) is 20.7 Å². The second-order valence-electron chi connectivity index (χ2n) is 5.93. The second kappa shape index (κ2) is 10.7. The molecule has 7 nitrogen and oxygen atoms in total. The van der Waals surface area contributed by atoms with Gasteiger partial charge in [0.05, 0.1) is 20.3 Å². The van der Waals surface area contributed by atoms with Crippen LogP contribution in [-0.4, -0.2) is 69.8 Å². The SMILES string of the molecule is COc1cccc(CCNC(=O)CC(=O)NCCN2CCOCC2)c1. The van der Waals surface area contributed by atoms with Crippen molar-refractivity contribution < 1.29 is 19.1 Å². The average molecular weight is 349 g/mol. The van der Waals surface area contributed by atoms with Crippen LogP contribution >= 0.6 is 0 Å². The van der Waals surface area contributed by atoms with Gasteiger partial charge in [0.2, 0.25) is 11.8 Å². The Hall–Kier alpha value is -2.12. The van der Waals surface area contributed by atoms with E-state index in [0.29, 0.717) is 19.5 Å². The number of amides is 2. The fraction of sp³-hybridized carbons (Fsp3) is 0.556. The number of nitrogens with zero attached hydrogens (tertiary/aromatic N) is 1. The lowest BCUT2D eigenvalue weighted by atomic mass is 10.1. The summed E-state index contributed by atoms with van der Waals surface area (Å²) in [7, 11) is 1.62. The Kier molecular flexibility index (Phi) is 8.21. The first-order valence-electron chi connectivity index (χ1n) is 8.64. The largest absolute Gasteiger partial charge is 0.497 e. The molecule has 0 saturated carbocycles. The van der Waals surface area contributed by atoms with E-state index in [1.165, 1.54) is 0 Å². The molecule has 2 rings (SSSR count). The van der Waals surface area contributed by atoms with Gasteiger partial charge in [0.1, 0.15) is 12.2 Å². The molecular weight excluding hydrogens is 322 g/mol. The van der Waals surface area contributed by atoms with Crippen LogP contribution in [0.4, 0.5) is 0 Å². The fourth-order valence-corrected chi connectivity index (χ4v) is 2.62. The number of morpholine rings is 1. The summed E-state index contributed by atoms with van der Waals surface area (Å²) >= 11 is 0. The molecule has 1 aliphatic heterocycles. The molecule has 0 unspecified atom stereocenters. The summed E-state index contributed by atoms with van der Waals surface area (Å²) < 4.78 is 10.4. The third-order valence-electron chi connectivity index (χ3n) is 4.05. The van der Waals surface area contributed by atoms with Crippen LogP contribution in [0.5, 0.6) is 5.75 Å². The molecule has 138 valence electrons. The Morgan fingerprint density at radius 3 is 2.60 bits per heavy atom. The lowest BCUT2D eigenvalue weighted by Gasteiger charge is -2.26. The van der Waals surface area contributed by atoms with Gasteiger partial charge in [-0.15, -0.1) is 0 Å². The van der Waals surface area contributed by atoms with Gasteiger partial charge < -0.3 is 20.1 Å². The minimum atomic E-state index is -0.258. The quantitative estimate of drug-likeness (QED) is 0.622. The number of carbonyl (C=O) groups excluding carboxylic acids is 2. The van der Waals surface area contributed by atoms with E-state index < -0.39 is 0 Å². The monoisotopic (exact) mass is 349 g/mol. The highest BCUT2D eigenvalue weighted by Gasteiger charge is 2.12. The fourth-order valence-electron chi connectivity index (χ4n) is 2.62. The summed E-state index contributed by atoms with van der Waals surface area (Å²) in [6.07, 6.45) is 0.558. The standard InChI is InChI=1S/C18H27N3O4/c1-24-16-4-2-3-15(13-16)5-6-19-17(22)14-18(23)20-7-8-21-9-11-25-12-10-21/h2-4,13H,5-12,14H2,1H3,(H,19,22)(H,20,23). The summed E-state index contributed by atoms with van der Waals surface area (Å²) in [6.45, 7) is 5.09. The normalized spacial score (nSPS) is 14.8. The Bertz CT molecular complexity index is 559. The zero-order chi connectivity index (χ0) is 17.9. The van der Waals surface area contributed by atoms with Crippen LogP contribution in [0.2, 0.25) is 0 Å². The average Bonchev–Trinajstić information content (AvgIpc) is 2.63. The van der Waals surface area contributed by atoms with Crippen molar-refractivity contribution in [2.75, 3.05) is 53.0 Å². The van der Waals surface area contributed by atoms with Crippen LogP contribution in [0.3, 0.4) is 0 Å². The highest BCUT2D eigenvalue weighted by Crippen LogP contribution is 2.12. The Labute approximate surface area is 148 Å². The summed E-state index contributed by atoms with van der Waals surface area (Å²) in [4.78, 5) is 25.8. The summed E-state index contributed by atoms with van der Waals surface area (Å²) in [5.41, 5.74) is 1.08. The first kappa shape index (κ1) is 19.2. The van der Waals surface area contributed by atoms with E-state index in [9.17, 15) is 9.59 Å². The van der Waals surface area contributed by atoms with Gasteiger partial charge in [0.25, 0.3) is 0 Å². The predicted molar refractivity (Wildman–Crippen MR) is 94.6 cm³/mol. The van der Waals surface area contributed by atoms with Crippen molar-refractivity contribution in [2.24, 2.45) is 0 Å². The van der Waals surface area contributed by atoms with Gasteiger partial charge in [-0.2, -0.15) is 0 Å². The van der Waals surface area contributed by atoms with Crippen molar-refractivity contribution in [3.8, 4) is 5.75 Å². The Morgan fingerprint density at radius 2 is 1.88 bits per heavy atom. The van der Waals surface area contributed by atoms with E-state index in [2.05, 4.69) is 15.5 Å². The maximum atomic E-state index is 11.8. The van der Waals surface area contributed by atoms with Crippen LogP contribution in [0.1, 0.15) is 12.0 Å². The van der Waals surface area contributed by atoms with Gasteiger partial charge in [-0.1, -0.05) is 12.1 Å². The van der Waals surface area contributed by atoms with Gasteiger partial charge >= 0.3 is 0 Å². The molecule has 1 fully saturated rings. The minimum Gasteiger partial charge on any atom is -0.497 e. The highest BCUT2D eigenvalue weighted by molar-refractivity contribution is 5.96. The number of rotatable bonds is 9. The lowest BCUT2D eigenvalue weighted by molar-refractivity contribution is -0.129. The van der Waals surface area contributed by atoms with Crippen LogP contribution in [0.25, 0.3) is 0 Å². The first-order chi connectivity index (χ1) is 12.2. The zero-order valence-corrected chi connectivity index (χ0v) is 14.8. The van der Waals surface area contributed by atoms with E-state index >= 15 is 0 Å². The Morgan fingerprint density at radius 1 is 1.16 bits per heavy atom. The number of hydrogen-bond acceptors (Lipinski definition) is 5. The molecule has 0 spiro atoms. The summed E-state index contributed by atoms with van der Waals surface area (Å²) in [5.74, 6) is 0.294. The second-order valence-corrected chi connectivity index (χ2v) is 5.93. The van der Waals surface area contributed by atoms with Gasteiger partial charge in [0.15, 0.2) is 0 Å². The smallest absolute Gasteiger partial charge is 0.229 e. The van der Waals surface area contributed by atoms with Crippen molar-refractivity contribution >= 4 is 11.8 Å². The van der Waals surface area contributed by atoms with Gasteiger partial charge in [0, 0.05) is 32.7 Å². The molecule has 1 aromatic carbocycles. The van der Waals surface area contributed by atoms with E-state index in [1.54, 1.807) is 7.11 Å². The molecule has 0 radical (unpaired) electrons. The first-order valence-corrected chi connectivity index (χ1v) is 8.64. The molecule has 25 heavy (non-hydrogen) atoms. The molecular formula is C18H27N3O4. The summed E-state index contributed by atoms with van der Waals surface area (Å²) in [6, 6.07) is 7.71. The van der Waals surface area contributed by atoms with Crippen molar-refractivity contribution in [3.63, 3.8) is 0 Å². The van der Waals surface area contributed by atoms with Crippen LogP contribution < -0.4 is 15.4 Å². The van der Waals surface area contributed by atoms with Crippen molar-refractivity contribution in [3.05, 3.63) is 29.8 Å². The zero-order valence-electron chi connectivity index (χ0n) is 14.8. The van der Waals surface area contributed by atoms with E-state index in [1.807, 2.05) is 24.3 Å². The number of carbonyl (C=O) groups is 2. The molecule has 1 saturated heterocycles. The molecule has 7 heteroatoms. The van der Waals surface area contributed by atoms with Crippen LogP contribution in [0.15, 0.2) is 24.3 Å². The predicted octanol–water partition coefficient (Wildman–Crippen LogP) is 0.192. The maximum Gasteiger partial charge on any atom is 0.229 e. The molecule has 0 bridgehead atoms. The van der Waals surface area contributed by atoms with Gasteiger partial charge in [-0.25, -0.2) is 0 Å². The number of hydrogen-bond donors (Lipinski definition) is 2. The highest BCUT2D eigenvalue weighted by atomic mass is 16.5. The molecule has 0 aliphatic carbocycles. The topological polar surface area (TPSA) is 79.9 Å². The van der Waals surface area contributed by atoms with Crippen molar-refractivity contribution in [1.29, 1.82) is 0 Å². The van der Waals surface area contributed by atoms with Gasteiger partial charge in [-0.3, -0.25) is 14.5 Å². The summed E-state index contributed by atoms with van der Waals surface area (Å²) in [5, 5.41) is 5.56. The Balaban J connectivity index is 1.56. The molecule has 2 amide bonds. The number of methoxy groups -OCH3 is 1. The number of ether oxygens (including phenoxy) is 2. The van der Waals surface area contributed by atoms with Crippen molar-refractivity contribution in [2.45, 2.75) is 12.8 Å². The molecule has 1 aliphatic rings. The minimum absolute atomic E-state index is 0.138. The van der Waals surface area contributed by atoms with E-state index in [-0.39, 0.29) is 18.2 Å². The third kappa shape index (κ3) is 7.53. The number of benzene rings is 1. The van der Waals surface area contributed by atoms with Crippen LogP contribution in [0, 0.1) is 0 Å². The molecule has 1 aromatic rings. The van der Waals surface area contributed by atoms with Gasteiger partial charge in [-0.05, 0) is 24.1 Å². The lowest BCUT2D eigenvalue weighted by Crippen LogP contribution is -2.42. The maximum absolute atomic E-state index is 11.8. The van der Waals surface area contributed by atoms with Crippen molar-refractivity contribution in [1.82, 2.24) is 15.5 Å². The molecule has 1 heterocycles. The molecule has 2 N–H and O–H groups in total. The third-order valence-corrected chi connectivity index (χ3v) is 4.05. The van der Waals surface area contributed by atoms with E-state index in [4.69, 9.17) is 9.47 Å². The molecule has 0 aromatic heterocycles.